The van der Waals surface area contributed by atoms with Crippen LogP contribution in [-0.2, 0) is 0 Å². The van der Waals surface area contributed by atoms with Crippen molar-refractivity contribution in [1.29, 1.82) is 0 Å². The summed E-state index contributed by atoms with van der Waals surface area (Å²) in [6.45, 7) is 1.82. The highest BCUT2D eigenvalue weighted by Gasteiger charge is 2.06. The normalized spacial score (nSPS) is 10.3. The Morgan fingerprint density at radius 3 is 2.88 bits per heavy atom. The molecule has 0 amide bonds. The number of rotatable bonds is 2. The maximum atomic E-state index is 13.6. The molecule has 0 bridgehead atoms. The van der Waals surface area contributed by atoms with Gasteiger partial charge in [-0.1, -0.05) is 15.9 Å². The molecule has 0 aliphatic rings. The highest BCUT2D eigenvalue weighted by atomic mass is 79.9. The number of nitrogens with zero attached hydrogens (tertiary/aromatic N) is 2. The fourth-order valence-corrected chi connectivity index (χ4v) is 1.63. The third kappa shape index (κ3) is 2.71. The summed E-state index contributed by atoms with van der Waals surface area (Å²) in [5.41, 5.74) is 6.61. The molecule has 0 unspecified atom stereocenters. The molecule has 0 radical (unpaired) electrons. The van der Waals surface area contributed by atoms with Gasteiger partial charge in [-0.25, -0.2) is 9.37 Å². The van der Waals surface area contributed by atoms with Crippen LogP contribution in [0.2, 0.25) is 0 Å². The minimum absolute atomic E-state index is 0.149. The second kappa shape index (κ2) is 4.67. The van der Waals surface area contributed by atoms with Crippen molar-refractivity contribution < 1.29 is 4.39 Å². The summed E-state index contributed by atoms with van der Waals surface area (Å²) in [4.78, 5) is 7.85. The van der Waals surface area contributed by atoms with Crippen LogP contribution >= 0.6 is 15.9 Å². The SMILES string of the molecule is Cc1cnc(N)nc1Nc1ccc(Br)cc1F. The van der Waals surface area contributed by atoms with Gasteiger partial charge < -0.3 is 11.1 Å². The van der Waals surface area contributed by atoms with E-state index in [9.17, 15) is 4.39 Å². The molecular formula is C11H10BrFN4. The molecule has 2 aromatic rings. The molecule has 0 aliphatic heterocycles. The average molecular weight is 297 g/mol. The molecule has 0 saturated heterocycles. The molecule has 17 heavy (non-hydrogen) atoms. The van der Waals surface area contributed by atoms with Gasteiger partial charge in [0.2, 0.25) is 5.95 Å². The van der Waals surface area contributed by atoms with Gasteiger partial charge in [0.25, 0.3) is 0 Å². The first-order chi connectivity index (χ1) is 8.06. The predicted molar refractivity (Wildman–Crippen MR) is 68.6 cm³/mol. The van der Waals surface area contributed by atoms with Gasteiger partial charge in [-0.15, -0.1) is 0 Å². The van der Waals surface area contributed by atoms with Crippen LogP contribution in [0.25, 0.3) is 0 Å². The Kier molecular flexibility index (Phi) is 3.23. The minimum atomic E-state index is -0.365. The maximum Gasteiger partial charge on any atom is 0.221 e. The van der Waals surface area contributed by atoms with Crippen molar-refractivity contribution in [2.75, 3.05) is 11.1 Å². The topological polar surface area (TPSA) is 63.8 Å². The molecule has 1 heterocycles. The molecule has 6 heteroatoms. The van der Waals surface area contributed by atoms with Crippen LogP contribution in [0.1, 0.15) is 5.56 Å². The third-order valence-electron chi connectivity index (χ3n) is 2.17. The lowest BCUT2D eigenvalue weighted by Gasteiger charge is -2.09. The van der Waals surface area contributed by atoms with Crippen molar-refractivity contribution in [3.05, 3.63) is 40.2 Å². The predicted octanol–water partition coefficient (Wildman–Crippen LogP) is 3.01. The van der Waals surface area contributed by atoms with E-state index in [4.69, 9.17) is 5.73 Å². The summed E-state index contributed by atoms with van der Waals surface area (Å²) in [5, 5.41) is 2.88. The third-order valence-corrected chi connectivity index (χ3v) is 2.67. The van der Waals surface area contributed by atoms with Gasteiger partial charge in [0.15, 0.2) is 0 Å². The molecule has 4 nitrogen and oxygen atoms in total. The molecule has 88 valence electrons. The number of benzene rings is 1. The van der Waals surface area contributed by atoms with Gasteiger partial charge in [-0.3, -0.25) is 0 Å². The van der Waals surface area contributed by atoms with E-state index in [-0.39, 0.29) is 11.8 Å². The van der Waals surface area contributed by atoms with Crippen LogP contribution in [-0.4, -0.2) is 9.97 Å². The summed E-state index contributed by atoms with van der Waals surface area (Å²) in [5.74, 6) is 0.283. The van der Waals surface area contributed by atoms with Crippen molar-refractivity contribution in [2.24, 2.45) is 0 Å². The zero-order valence-corrected chi connectivity index (χ0v) is 10.6. The first-order valence-corrected chi connectivity index (χ1v) is 5.67. The molecule has 0 fully saturated rings. The van der Waals surface area contributed by atoms with E-state index < -0.39 is 0 Å². The quantitative estimate of drug-likeness (QED) is 0.894. The average Bonchev–Trinajstić information content (AvgIpc) is 2.27. The van der Waals surface area contributed by atoms with Crippen molar-refractivity contribution >= 4 is 33.4 Å². The standard InChI is InChI=1S/C11H10BrFN4/c1-6-5-15-11(14)17-10(6)16-9-3-2-7(12)4-8(9)13/h2-5H,1H3,(H3,14,15,16,17). The second-order valence-corrected chi connectivity index (χ2v) is 4.42. The Morgan fingerprint density at radius 1 is 1.41 bits per heavy atom. The first kappa shape index (κ1) is 11.8. The van der Waals surface area contributed by atoms with E-state index >= 15 is 0 Å². The first-order valence-electron chi connectivity index (χ1n) is 4.87. The Bertz CT molecular complexity index is 559. The summed E-state index contributed by atoms with van der Waals surface area (Å²) in [6.07, 6.45) is 1.58. The van der Waals surface area contributed by atoms with Gasteiger partial charge >= 0.3 is 0 Å². The molecular weight excluding hydrogens is 287 g/mol. The van der Waals surface area contributed by atoms with E-state index in [2.05, 4.69) is 31.2 Å². The Hall–Kier alpha value is -1.69. The summed E-state index contributed by atoms with van der Waals surface area (Å²) in [7, 11) is 0. The monoisotopic (exact) mass is 296 g/mol. The van der Waals surface area contributed by atoms with E-state index in [1.54, 1.807) is 18.3 Å². The number of hydrogen-bond acceptors (Lipinski definition) is 4. The van der Waals surface area contributed by atoms with Crippen molar-refractivity contribution in [1.82, 2.24) is 9.97 Å². The van der Waals surface area contributed by atoms with Gasteiger partial charge in [0.1, 0.15) is 11.6 Å². The zero-order valence-electron chi connectivity index (χ0n) is 9.04. The Morgan fingerprint density at radius 2 is 2.18 bits per heavy atom. The van der Waals surface area contributed by atoms with E-state index in [0.717, 1.165) is 5.56 Å². The number of aryl methyl sites for hydroxylation is 1. The summed E-state index contributed by atoms with van der Waals surface area (Å²) < 4.78 is 14.3. The van der Waals surface area contributed by atoms with E-state index in [1.165, 1.54) is 6.07 Å². The van der Waals surface area contributed by atoms with Crippen LogP contribution in [0.5, 0.6) is 0 Å². The number of aromatic nitrogens is 2. The number of hydrogen-bond donors (Lipinski definition) is 2. The molecule has 1 aromatic carbocycles. The summed E-state index contributed by atoms with van der Waals surface area (Å²) >= 11 is 3.19. The lowest BCUT2D eigenvalue weighted by Crippen LogP contribution is -2.03. The number of anilines is 3. The smallest absolute Gasteiger partial charge is 0.221 e. The number of nitrogens with one attached hydrogen (secondary N) is 1. The van der Waals surface area contributed by atoms with Crippen LogP contribution in [0.3, 0.4) is 0 Å². The fourth-order valence-electron chi connectivity index (χ4n) is 1.30. The largest absolute Gasteiger partial charge is 0.368 e. The Labute approximate surface area is 106 Å². The lowest BCUT2D eigenvalue weighted by atomic mass is 10.3. The highest BCUT2D eigenvalue weighted by molar-refractivity contribution is 9.10. The molecule has 1 aromatic heterocycles. The number of halogens is 2. The van der Waals surface area contributed by atoms with Crippen molar-refractivity contribution in [3.63, 3.8) is 0 Å². The Balaban J connectivity index is 2.34. The summed E-state index contributed by atoms with van der Waals surface area (Å²) in [6, 6.07) is 4.74. The van der Waals surface area contributed by atoms with E-state index in [1.807, 2.05) is 6.92 Å². The van der Waals surface area contributed by atoms with Crippen LogP contribution in [0, 0.1) is 12.7 Å². The van der Waals surface area contributed by atoms with Crippen molar-refractivity contribution in [3.8, 4) is 0 Å². The highest BCUT2D eigenvalue weighted by Crippen LogP contribution is 2.23. The van der Waals surface area contributed by atoms with Gasteiger partial charge in [-0.05, 0) is 25.1 Å². The molecule has 0 aliphatic carbocycles. The molecule has 2 rings (SSSR count). The maximum absolute atomic E-state index is 13.6. The van der Waals surface area contributed by atoms with Crippen LogP contribution in [0.4, 0.5) is 21.8 Å². The van der Waals surface area contributed by atoms with Gasteiger partial charge in [0.05, 0.1) is 5.69 Å². The van der Waals surface area contributed by atoms with E-state index in [0.29, 0.717) is 16.0 Å². The second-order valence-electron chi connectivity index (χ2n) is 3.51. The van der Waals surface area contributed by atoms with Gasteiger partial charge in [-0.2, -0.15) is 4.98 Å². The molecule has 0 atom stereocenters. The molecule has 3 N–H and O–H groups in total. The number of nitrogen functional groups attached to an aromatic ring is 1. The fraction of sp³-hybridized carbons (Fsp3) is 0.0909. The number of nitrogens with two attached hydrogens (primary N) is 1. The zero-order chi connectivity index (χ0) is 12.4. The van der Waals surface area contributed by atoms with Crippen LogP contribution < -0.4 is 11.1 Å². The molecule has 0 spiro atoms. The minimum Gasteiger partial charge on any atom is -0.368 e. The van der Waals surface area contributed by atoms with Crippen LogP contribution in [0.15, 0.2) is 28.9 Å². The van der Waals surface area contributed by atoms with Gasteiger partial charge in [0, 0.05) is 16.2 Å². The molecule has 0 saturated carbocycles. The lowest BCUT2D eigenvalue weighted by molar-refractivity contribution is 0.631. The van der Waals surface area contributed by atoms with Crippen molar-refractivity contribution in [2.45, 2.75) is 6.92 Å².